The summed E-state index contributed by atoms with van der Waals surface area (Å²) in [5, 5.41) is 10.4. The van der Waals surface area contributed by atoms with Crippen molar-refractivity contribution in [2.45, 2.75) is 52.7 Å². The molecule has 0 spiro atoms. The average Bonchev–Trinajstić information content (AvgIpc) is 4.09. The van der Waals surface area contributed by atoms with E-state index < -0.39 is 7.12 Å². The summed E-state index contributed by atoms with van der Waals surface area (Å²) in [6, 6.07) is 42.4. The van der Waals surface area contributed by atoms with Gasteiger partial charge in [-0.15, -0.1) is 0 Å². The van der Waals surface area contributed by atoms with Gasteiger partial charge in [0.2, 0.25) is 0 Å². The number of pyridine rings is 4. The van der Waals surface area contributed by atoms with Gasteiger partial charge in [0.1, 0.15) is 16.4 Å². The van der Waals surface area contributed by atoms with E-state index in [0.717, 1.165) is 44.5 Å². The van der Waals surface area contributed by atoms with Gasteiger partial charge in [-0.3, -0.25) is 13.8 Å². The number of fused-ring (bicyclic) bond motifs is 12. The van der Waals surface area contributed by atoms with E-state index in [1.54, 1.807) is 18.5 Å². The van der Waals surface area contributed by atoms with Gasteiger partial charge in [0.05, 0.1) is 39.0 Å². The minimum atomic E-state index is -0.404. The van der Waals surface area contributed by atoms with Crippen LogP contribution in [-0.2, 0) is 9.31 Å². The summed E-state index contributed by atoms with van der Waals surface area (Å²) >= 11 is 9.03. The van der Waals surface area contributed by atoms with Crippen LogP contribution in [-0.4, -0.2) is 53.3 Å². The van der Waals surface area contributed by atoms with Gasteiger partial charge in [-0.25, -0.2) is 15.0 Å². The van der Waals surface area contributed by atoms with E-state index >= 15 is 0 Å². The maximum atomic E-state index is 6.24. The number of hydrogen-bond donors (Lipinski definition) is 1. The van der Waals surface area contributed by atoms with Crippen LogP contribution in [0.4, 0.5) is 0 Å². The predicted octanol–water partition coefficient (Wildman–Crippen LogP) is 12.8. The average molecular weight is 879 g/mol. The van der Waals surface area contributed by atoms with E-state index in [-0.39, 0.29) is 12.6 Å². The van der Waals surface area contributed by atoms with E-state index in [0.29, 0.717) is 5.15 Å². The molecule has 0 saturated carbocycles. The van der Waals surface area contributed by atoms with Crippen LogP contribution in [0, 0.1) is 13.8 Å². The fourth-order valence-electron chi connectivity index (χ4n) is 8.93. The molecule has 0 N–H and O–H groups in total. The summed E-state index contributed by atoms with van der Waals surface area (Å²) in [4.78, 5) is 18.1. The van der Waals surface area contributed by atoms with Gasteiger partial charge in [0, 0.05) is 78.9 Å². The van der Waals surface area contributed by atoms with Gasteiger partial charge in [-0.05, 0) is 95.3 Å². The molecule has 0 atom stereocenters. The van der Waals surface area contributed by atoms with E-state index in [9.17, 15) is 0 Å². The SMILES string of the molecule is CC1(C)OB(c2cnc3c(c2)c2cccc4c5ccccc5n3c42)OC1(C)C.CS.Cc1ccc(-c2cnc3c(c2)c2cccc4c5ccccc5n3c42)nc1.Cc1ccc(Cl)nc1.[2H-]. The summed E-state index contributed by atoms with van der Waals surface area (Å²) < 4.78 is 17.1. The summed E-state index contributed by atoms with van der Waals surface area (Å²) in [5.74, 6) is 0. The zero-order valence-corrected chi connectivity index (χ0v) is 38.4. The summed E-state index contributed by atoms with van der Waals surface area (Å²) in [7, 11) is -0.404. The quantitative estimate of drug-likeness (QED) is 0.106. The first kappa shape index (κ1) is 41.7. The first-order valence-corrected chi connectivity index (χ1v) is 22.6. The topological polar surface area (TPSA) is 78.8 Å². The number of hydrogen-bond acceptors (Lipinski definition) is 7. The summed E-state index contributed by atoms with van der Waals surface area (Å²) in [6.07, 6.45) is 9.17. The number of nitrogens with zero attached hydrogens (tertiary/aromatic N) is 6. The fraction of sp³-hybridized carbons (Fsp3) is 0.170. The molecular formula is C53H47BClN6O2S-. The van der Waals surface area contributed by atoms with Crippen molar-refractivity contribution in [1.29, 1.82) is 0 Å². The van der Waals surface area contributed by atoms with Gasteiger partial charge >= 0.3 is 7.12 Å². The first-order valence-electron chi connectivity index (χ1n) is 21.3. The van der Waals surface area contributed by atoms with Crippen LogP contribution in [0.1, 0.15) is 40.2 Å². The molecule has 1 aliphatic rings. The standard InChI is InChI=1S/C23H21BN2O2.C23H15N3.C6H6ClN.CH4S.H/c1-22(2)23(3,4)28-24(27-22)14-12-18-17-10-7-9-16-15-8-5-6-11-19(15)26(20(16)17)21(18)25-13-14;1-14-9-10-20(24-12-14)15-11-19-18-7-4-6-17-16-5-2-3-8-21(16)26(22(17)18)23(19)25-13-15;1-5-2-3-6(7)8-4-5;1-2;/h5-13H,1-4H3;2-13H,1H3;2-4H,1H3;2H,1H3;/q;;;;-1/i;;;;1+1. The lowest BCUT2D eigenvalue weighted by molar-refractivity contribution is 0.00578. The Labute approximate surface area is 383 Å². The zero-order chi connectivity index (χ0) is 44.5. The third-order valence-electron chi connectivity index (χ3n) is 12.8. The van der Waals surface area contributed by atoms with Crippen molar-refractivity contribution in [3.63, 3.8) is 0 Å². The molecule has 0 aliphatic carbocycles. The molecule has 0 radical (unpaired) electrons. The molecule has 8 aromatic heterocycles. The van der Waals surface area contributed by atoms with Crippen LogP contribution in [0.3, 0.4) is 0 Å². The Balaban J connectivity index is 0.000000135. The Bertz CT molecular complexity index is 3610. The number of para-hydroxylation sites is 4. The molecular weight excluding hydrogens is 831 g/mol. The normalized spacial score (nSPS) is 14.4. The van der Waals surface area contributed by atoms with Crippen molar-refractivity contribution in [3.8, 4) is 11.3 Å². The Hall–Kier alpha value is -6.30. The van der Waals surface area contributed by atoms with E-state index in [2.05, 4.69) is 175 Å². The molecule has 0 bridgehead atoms. The van der Waals surface area contributed by atoms with Crippen molar-refractivity contribution in [2.75, 3.05) is 6.26 Å². The second-order valence-corrected chi connectivity index (χ2v) is 17.7. The van der Waals surface area contributed by atoms with Crippen LogP contribution in [0.2, 0.25) is 5.15 Å². The molecule has 1 fully saturated rings. The molecule has 11 heteroatoms. The molecule has 0 unspecified atom stereocenters. The molecule has 8 nitrogen and oxygen atoms in total. The molecule has 64 heavy (non-hydrogen) atoms. The third-order valence-corrected chi connectivity index (χ3v) is 13.0. The number of aryl methyl sites for hydroxylation is 2. The van der Waals surface area contributed by atoms with Crippen molar-refractivity contribution in [3.05, 3.63) is 162 Å². The van der Waals surface area contributed by atoms with Crippen LogP contribution < -0.4 is 5.46 Å². The monoisotopic (exact) mass is 878 g/mol. The molecule has 9 heterocycles. The van der Waals surface area contributed by atoms with Crippen LogP contribution >= 0.6 is 24.2 Å². The van der Waals surface area contributed by atoms with Gasteiger partial charge in [0.15, 0.2) is 0 Å². The highest BCUT2D eigenvalue weighted by Gasteiger charge is 2.52. The smallest absolute Gasteiger partial charge is 0.496 e. The maximum Gasteiger partial charge on any atom is 0.496 e. The number of thiol groups is 1. The maximum absolute atomic E-state index is 6.24. The van der Waals surface area contributed by atoms with Gasteiger partial charge < -0.3 is 10.7 Å². The second-order valence-electron chi connectivity index (χ2n) is 17.3. The third kappa shape index (κ3) is 6.79. The highest BCUT2D eigenvalue weighted by atomic mass is 35.5. The lowest BCUT2D eigenvalue weighted by Crippen LogP contribution is -2.41. The number of aromatic nitrogens is 6. The van der Waals surface area contributed by atoms with Crippen molar-refractivity contribution < 1.29 is 10.7 Å². The molecule has 0 amide bonds. The van der Waals surface area contributed by atoms with Crippen molar-refractivity contribution in [2.24, 2.45) is 0 Å². The van der Waals surface area contributed by atoms with Crippen LogP contribution in [0.5, 0.6) is 0 Å². The Morgan fingerprint density at radius 3 is 1.48 bits per heavy atom. The van der Waals surface area contributed by atoms with Gasteiger partial charge in [-0.1, -0.05) is 96.5 Å². The minimum absolute atomic E-state index is 0. The highest BCUT2D eigenvalue weighted by Crippen LogP contribution is 2.41. The van der Waals surface area contributed by atoms with Gasteiger partial charge in [0.25, 0.3) is 0 Å². The van der Waals surface area contributed by atoms with E-state index in [1.807, 2.05) is 31.6 Å². The predicted molar refractivity (Wildman–Crippen MR) is 271 cm³/mol. The highest BCUT2D eigenvalue weighted by molar-refractivity contribution is 7.79. The molecule has 1 aliphatic heterocycles. The molecule has 1 saturated heterocycles. The Morgan fingerprint density at radius 1 is 0.516 bits per heavy atom. The second kappa shape index (κ2) is 16.0. The van der Waals surface area contributed by atoms with Crippen molar-refractivity contribution >= 4 is 113 Å². The summed E-state index contributed by atoms with van der Waals surface area (Å²) in [5.41, 5.74) is 11.4. The molecule has 13 rings (SSSR count). The molecule has 4 aromatic carbocycles. The largest absolute Gasteiger partial charge is 1.00 e. The van der Waals surface area contributed by atoms with Crippen molar-refractivity contribution in [1.82, 2.24) is 28.7 Å². The van der Waals surface area contributed by atoms with E-state index in [1.165, 1.54) is 59.8 Å². The lowest BCUT2D eigenvalue weighted by Gasteiger charge is -2.32. The minimum Gasteiger partial charge on any atom is -1.00 e. The van der Waals surface area contributed by atoms with Crippen LogP contribution in [0.15, 0.2) is 146 Å². The number of halogens is 1. The Kier molecular flexibility index (Phi) is 10.5. The lowest BCUT2D eigenvalue weighted by atomic mass is 9.80. The Morgan fingerprint density at radius 2 is 0.984 bits per heavy atom. The molecule has 12 aromatic rings. The van der Waals surface area contributed by atoms with Crippen LogP contribution in [0.25, 0.3) is 87.7 Å². The molecule has 318 valence electrons. The summed E-state index contributed by atoms with van der Waals surface area (Å²) in [6.45, 7) is 12.3. The van der Waals surface area contributed by atoms with Gasteiger partial charge in [-0.2, -0.15) is 12.6 Å². The number of benzene rings is 4. The number of rotatable bonds is 2. The zero-order valence-electron chi connectivity index (χ0n) is 37.8. The fourth-order valence-corrected chi connectivity index (χ4v) is 9.04. The first-order chi connectivity index (χ1) is 31.0. The van der Waals surface area contributed by atoms with E-state index in [4.69, 9.17) is 30.9 Å².